The zero-order valence-electron chi connectivity index (χ0n) is 5.17. The van der Waals surface area contributed by atoms with E-state index in [0.717, 1.165) is 0 Å². The topological polar surface area (TPSA) is 50.7 Å². The SMILES string of the molecule is C[C-]=NOC(=O)NC.[W]. The van der Waals surface area contributed by atoms with E-state index >= 15 is 0 Å². The molecular weight excluding hydrogens is 292 g/mol. The van der Waals surface area contributed by atoms with Gasteiger partial charge in [-0.15, -0.1) is 0 Å². The molecule has 0 spiro atoms. The fraction of sp³-hybridized carbons (Fsp3) is 0.500. The van der Waals surface area contributed by atoms with Crippen molar-refractivity contribution >= 4 is 12.3 Å². The van der Waals surface area contributed by atoms with Gasteiger partial charge in [0.15, 0.2) is 0 Å². The Kier molecular flexibility index (Phi) is 9.69. The molecule has 0 rings (SSSR count). The first-order valence-electron chi connectivity index (χ1n) is 2.06. The van der Waals surface area contributed by atoms with Crippen molar-refractivity contribution in [2.75, 3.05) is 7.05 Å². The van der Waals surface area contributed by atoms with E-state index in [1.54, 1.807) is 0 Å². The number of hydrogen-bond acceptors (Lipinski definition) is 3. The maximum atomic E-state index is 10.1. The molecule has 0 aromatic carbocycles. The summed E-state index contributed by atoms with van der Waals surface area (Å²) in [4.78, 5) is 14.2. The third-order valence-corrected chi connectivity index (χ3v) is 0.424. The van der Waals surface area contributed by atoms with Crippen LogP contribution in [0.15, 0.2) is 5.16 Å². The van der Waals surface area contributed by atoms with Crippen molar-refractivity contribution in [3.63, 3.8) is 0 Å². The number of amides is 1. The molecule has 5 heteroatoms. The van der Waals surface area contributed by atoms with Crippen LogP contribution < -0.4 is 5.32 Å². The Morgan fingerprint density at radius 1 is 1.78 bits per heavy atom. The Morgan fingerprint density at radius 3 is 2.67 bits per heavy atom. The summed E-state index contributed by atoms with van der Waals surface area (Å²) in [6, 6.07) is 0. The molecule has 0 unspecified atom stereocenters. The largest absolute Gasteiger partial charge is 0.430 e. The van der Waals surface area contributed by atoms with E-state index in [2.05, 4.69) is 21.5 Å². The Hall–Kier alpha value is -0.372. The van der Waals surface area contributed by atoms with Crippen molar-refractivity contribution in [3.05, 3.63) is 0 Å². The molecule has 52 valence electrons. The summed E-state index contributed by atoms with van der Waals surface area (Å²) in [5.41, 5.74) is 0. The van der Waals surface area contributed by atoms with Crippen molar-refractivity contribution in [3.8, 4) is 0 Å². The van der Waals surface area contributed by atoms with E-state index in [1.807, 2.05) is 0 Å². The molecule has 0 aliphatic rings. The minimum Gasteiger partial charge on any atom is -0.352 e. The second-order valence-electron chi connectivity index (χ2n) is 0.944. The summed E-state index contributed by atoms with van der Waals surface area (Å²) in [6.45, 7) is 1.53. The van der Waals surface area contributed by atoms with E-state index in [4.69, 9.17) is 0 Å². The Bertz CT molecular complexity index is 105. The summed E-state index contributed by atoms with van der Waals surface area (Å²) in [5, 5.41) is 5.29. The minimum atomic E-state index is -0.584. The first-order chi connectivity index (χ1) is 3.81. The van der Waals surface area contributed by atoms with Crippen LogP contribution in [0.1, 0.15) is 6.92 Å². The van der Waals surface area contributed by atoms with Crippen LogP contribution in [0, 0.1) is 0 Å². The quantitative estimate of drug-likeness (QED) is 0.326. The summed E-state index contributed by atoms with van der Waals surface area (Å²) < 4.78 is 0. The van der Waals surface area contributed by atoms with Gasteiger partial charge >= 0.3 is 6.09 Å². The maximum absolute atomic E-state index is 10.1. The van der Waals surface area contributed by atoms with Crippen LogP contribution in [0.25, 0.3) is 0 Å². The predicted octanol–water partition coefficient (Wildman–Crippen LogP) is 0.223. The number of rotatable bonds is 1. The van der Waals surface area contributed by atoms with Crippen molar-refractivity contribution < 1.29 is 30.7 Å². The van der Waals surface area contributed by atoms with Crippen molar-refractivity contribution in [1.29, 1.82) is 0 Å². The number of nitrogens with zero attached hydrogens (tertiary/aromatic N) is 1. The van der Waals surface area contributed by atoms with Gasteiger partial charge in [-0.2, -0.15) is 6.92 Å². The van der Waals surface area contributed by atoms with Gasteiger partial charge in [0.2, 0.25) is 0 Å². The van der Waals surface area contributed by atoms with E-state index in [-0.39, 0.29) is 21.1 Å². The van der Waals surface area contributed by atoms with Gasteiger partial charge in [0.05, 0.1) is 0 Å². The third kappa shape index (κ3) is 7.63. The molecule has 0 saturated heterocycles. The van der Waals surface area contributed by atoms with Crippen LogP contribution in [-0.4, -0.2) is 19.4 Å². The zero-order chi connectivity index (χ0) is 6.41. The summed E-state index contributed by atoms with van der Waals surface area (Å²) in [6.07, 6.45) is 1.69. The molecule has 0 atom stereocenters. The van der Waals surface area contributed by atoms with Gasteiger partial charge in [-0.1, -0.05) is 0 Å². The first kappa shape index (κ1) is 11.4. The molecule has 1 N–H and O–H groups in total. The molecule has 0 saturated carbocycles. The van der Waals surface area contributed by atoms with Gasteiger partial charge in [-0.05, 0) is 0 Å². The second kappa shape index (κ2) is 7.63. The van der Waals surface area contributed by atoms with Gasteiger partial charge in [0, 0.05) is 28.1 Å². The van der Waals surface area contributed by atoms with Gasteiger partial charge in [-0.3, -0.25) is 5.16 Å². The standard InChI is InChI=1S/C4H7N2O2.W/c1-3-6-8-4(7)5-2;/h1-2H3,(H,5,7);/q-1;. The van der Waals surface area contributed by atoms with E-state index in [1.165, 1.54) is 14.0 Å². The molecule has 0 fully saturated rings. The smallest absolute Gasteiger partial charge is 0.352 e. The molecule has 9 heavy (non-hydrogen) atoms. The summed E-state index contributed by atoms with van der Waals surface area (Å²) in [7, 11) is 1.45. The van der Waals surface area contributed by atoms with Crippen molar-refractivity contribution in [2.24, 2.45) is 5.16 Å². The van der Waals surface area contributed by atoms with Crippen LogP contribution in [0.5, 0.6) is 0 Å². The second-order valence-corrected chi connectivity index (χ2v) is 0.944. The van der Waals surface area contributed by atoms with Crippen molar-refractivity contribution in [1.82, 2.24) is 5.32 Å². The Balaban J connectivity index is 0. The van der Waals surface area contributed by atoms with Crippen LogP contribution >= 0.6 is 0 Å². The monoisotopic (exact) mass is 299 g/mol. The minimum absolute atomic E-state index is 0. The van der Waals surface area contributed by atoms with Gasteiger partial charge in [0.25, 0.3) is 0 Å². The third-order valence-electron chi connectivity index (χ3n) is 0.424. The zero-order valence-corrected chi connectivity index (χ0v) is 8.11. The van der Waals surface area contributed by atoms with Gasteiger partial charge in [-0.25, -0.2) is 4.79 Å². The normalized spacial score (nSPS) is 8.22. The molecule has 0 aromatic rings. The molecular formula is C4H7N2O2W-. The molecule has 0 aromatic heterocycles. The average molecular weight is 299 g/mol. The molecule has 0 radical (unpaired) electrons. The first-order valence-corrected chi connectivity index (χ1v) is 2.06. The van der Waals surface area contributed by atoms with Crippen LogP contribution in [0.4, 0.5) is 4.79 Å². The molecule has 4 nitrogen and oxygen atoms in total. The maximum Gasteiger partial charge on any atom is 0.430 e. The molecule has 0 aliphatic carbocycles. The molecule has 1 amide bonds. The van der Waals surface area contributed by atoms with E-state index in [0.29, 0.717) is 0 Å². The predicted molar refractivity (Wildman–Crippen MR) is 28.6 cm³/mol. The fourth-order valence-electron chi connectivity index (χ4n) is 0.133. The average Bonchev–Trinajstić information content (AvgIpc) is 1.83. The van der Waals surface area contributed by atoms with Crippen LogP contribution in [-0.2, 0) is 25.9 Å². The fourth-order valence-corrected chi connectivity index (χ4v) is 0.133. The van der Waals surface area contributed by atoms with Crippen LogP contribution in [0.2, 0.25) is 0 Å². The molecule has 0 bridgehead atoms. The number of nitrogens with one attached hydrogen (secondary N) is 1. The van der Waals surface area contributed by atoms with E-state index in [9.17, 15) is 4.79 Å². The number of carbonyl (C=O) groups is 1. The Labute approximate surface area is 67.9 Å². The summed E-state index contributed by atoms with van der Waals surface area (Å²) in [5.74, 6) is 0. The number of carbonyl (C=O) groups excluding carboxylic acids is 1. The van der Waals surface area contributed by atoms with Crippen molar-refractivity contribution in [2.45, 2.75) is 6.92 Å². The van der Waals surface area contributed by atoms with Gasteiger partial charge < -0.3 is 16.4 Å². The van der Waals surface area contributed by atoms with Crippen LogP contribution in [0.3, 0.4) is 0 Å². The molecule has 0 heterocycles. The number of hydrogen-bond donors (Lipinski definition) is 1. The van der Waals surface area contributed by atoms with E-state index < -0.39 is 6.09 Å². The summed E-state index contributed by atoms with van der Waals surface area (Å²) >= 11 is 0. The molecule has 0 aliphatic heterocycles. The van der Waals surface area contributed by atoms with Gasteiger partial charge in [0.1, 0.15) is 0 Å². The Morgan fingerprint density at radius 2 is 2.33 bits per heavy atom.